The van der Waals surface area contributed by atoms with E-state index < -0.39 is 0 Å². The average molecular weight is 388 g/mol. The molecule has 1 aliphatic rings. The van der Waals surface area contributed by atoms with Gasteiger partial charge in [0.05, 0.1) is 29.3 Å². The zero-order chi connectivity index (χ0) is 17.8. The Morgan fingerprint density at radius 2 is 2.15 bits per heavy atom. The minimum absolute atomic E-state index is 0.00350. The molecule has 1 atom stereocenters. The predicted octanol–water partition coefficient (Wildman–Crippen LogP) is 3.96. The Balaban J connectivity index is 1.35. The van der Waals surface area contributed by atoms with Crippen molar-refractivity contribution in [1.82, 2.24) is 15.2 Å². The highest BCUT2D eigenvalue weighted by Gasteiger charge is 2.26. The lowest BCUT2D eigenvalue weighted by molar-refractivity contribution is -0.120. The van der Waals surface area contributed by atoms with Crippen molar-refractivity contribution in [3.63, 3.8) is 0 Å². The summed E-state index contributed by atoms with van der Waals surface area (Å²) >= 11 is 3.25. The third-order valence-electron chi connectivity index (χ3n) is 4.57. The van der Waals surface area contributed by atoms with Crippen molar-refractivity contribution in [2.75, 3.05) is 19.6 Å². The van der Waals surface area contributed by atoms with Crippen LogP contribution >= 0.6 is 22.7 Å². The number of carbonyl (C=O) groups excluding carboxylic acids is 1. The van der Waals surface area contributed by atoms with Crippen LogP contribution in [0.15, 0.2) is 45.7 Å². The normalized spacial score (nSPS) is 16.0. The Kier molecular flexibility index (Phi) is 5.48. The molecule has 26 heavy (non-hydrogen) atoms. The molecule has 5 nitrogen and oxygen atoms in total. The van der Waals surface area contributed by atoms with Gasteiger partial charge in [-0.2, -0.15) is 0 Å². The van der Waals surface area contributed by atoms with E-state index in [2.05, 4.69) is 21.3 Å². The molecule has 136 valence electrons. The summed E-state index contributed by atoms with van der Waals surface area (Å²) in [5.41, 5.74) is 0.826. The van der Waals surface area contributed by atoms with Crippen LogP contribution in [0.25, 0.3) is 9.88 Å². The fourth-order valence-corrected chi connectivity index (χ4v) is 4.92. The molecule has 0 aromatic carbocycles. The first-order chi connectivity index (χ1) is 12.8. The van der Waals surface area contributed by atoms with Crippen molar-refractivity contribution >= 4 is 28.6 Å². The van der Waals surface area contributed by atoms with Crippen LogP contribution in [0.2, 0.25) is 0 Å². The molecular weight excluding hydrogens is 366 g/mol. The summed E-state index contributed by atoms with van der Waals surface area (Å²) in [4.78, 5) is 20.5. The number of nitrogens with one attached hydrogen (secondary N) is 1. The van der Waals surface area contributed by atoms with Gasteiger partial charge in [-0.1, -0.05) is 6.07 Å². The molecule has 3 aromatic heterocycles. The number of thiophene rings is 1. The lowest BCUT2D eigenvalue weighted by Crippen LogP contribution is -2.37. The summed E-state index contributed by atoms with van der Waals surface area (Å²) in [6, 6.07) is 8.07. The number of nitrogens with zero attached hydrogens (tertiary/aromatic N) is 2. The van der Waals surface area contributed by atoms with Crippen molar-refractivity contribution in [3.8, 4) is 9.88 Å². The van der Waals surface area contributed by atoms with Gasteiger partial charge in [-0.3, -0.25) is 9.69 Å². The standard InChI is InChI=1S/C19H21N3O2S2/c23-18(11-14-13-26-19(21-14)17-6-4-10-25-17)20-12-15(16-5-3-9-24-16)22-7-1-2-8-22/h3-6,9-10,13,15H,1-2,7-8,11-12H2,(H,20,23). The molecule has 1 unspecified atom stereocenters. The van der Waals surface area contributed by atoms with Gasteiger partial charge in [-0.15, -0.1) is 22.7 Å². The Morgan fingerprint density at radius 3 is 2.88 bits per heavy atom. The van der Waals surface area contributed by atoms with Gasteiger partial charge in [-0.05, 0) is 49.5 Å². The van der Waals surface area contributed by atoms with Crippen LogP contribution in [0.1, 0.15) is 30.3 Å². The molecule has 0 aliphatic carbocycles. The minimum Gasteiger partial charge on any atom is -0.468 e. The Labute approximate surface area is 160 Å². The number of likely N-dealkylation sites (tertiary alicyclic amines) is 1. The van der Waals surface area contributed by atoms with Gasteiger partial charge in [-0.25, -0.2) is 4.98 Å². The SMILES string of the molecule is O=C(Cc1csc(-c2cccs2)n1)NCC(c1ccco1)N1CCCC1. The molecule has 0 bridgehead atoms. The molecule has 0 saturated carbocycles. The van der Waals surface area contributed by atoms with Gasteiger partial charge in [0, 0.05) is 11.9 Å². The van der Waals surface area contributed by atoms with E-state index in [1.54, 1.807) is 28.9 Å². The average Bonchev–Trinajstić information content (AvgIpc) is 3.41. The van der Waals surface area contributed by atoms with Crippen molar-refractivity contribution < 1.29 is 9.21 Å². The predicted molar refractivity (Wildman–Crippen MR) is 104 cm³/mol. The highest BCUT2D eigenvalue weighted by Crippen LogP contribution is 2.28. The molecule has 7 heteroatoms. The second kappa shape index (κ2) is 8.16. The number of thiazole rings is 1. The number of hydrogen-bond acceptors (Lipinski definition) is 6. The van der Waals surface area contributed by atoms with Crippen LogP contribution in [-0.4, -0.2) is 35.4 Å². The largest absolute Gasteiger partial charge is 0.468 e. The quantitative estimate of drug-likeness (QED) is 0.667. The molecule has 1 aliphatic heterocycles. The van der Waals surface area contributed by atoms with Gasteiger partial charge in [0.2, 0.25) is 5.91 Å². The van der Waals surface area contributed by atoms with Gasteiger partial charge < -0.3 is 9.73 Å². The van der Waals surface area contributed by atoms with Gasteiger partial charge in [0.15, 0.2) is 0 Å². The Morgan fingerprint density at radius 1 is 1.27 bits per heavy atom. The summed E-state index contributed by atoms with van der Waals surface area (Å²) in [5, 5.41) is 8.06. The second-order valence-electron chi connectivity index (χ2n) is 6.38. The maximum Gasteiger partial charge on any atom is 0.226 e. The first-order valence-electron chi connectivity index (χ1n) is 8.82. The van der Waals surface area contributed by atoms with Crippen LogP contribution < -0.4 is 5.32 Å². The minimum atomic E-state index is 0.00350. The van der Waals surface area contributed by atoms with Crippen molar-refractivity contribution in [3.05, 3.63) is 52.7 Å². The summed E-state index contributed by atoms with van der Waals surface area (Å²) in [5.74, 6) is 0.921. The van der Waals surface area contributed by atoms with E-state index in [1.807, 2.05) is 29.0 Å². The number of furan rings is 1. The molecule has 1 saturated heterocycles. The number of aromatic nitrogens is 1. The first kappa shape index (κ1) is 17.5. The molecule has 0 radical (unpaired) electrons. The molecule has 0 spiro atoms. The topological polar surface area (TPSA) is 58.4 Å². The summed E-state index contributed by atoms with van der Waals surface area (Å²) in [6.45, 7) is 2.67. The van der Waals surface area contributed by atoms with E-state index in [9.17, 15) is 4.79 Å². The fraction of sp³-hybridized carbons (Fsp3) is 0.368. The van der Waals surface area contributed by atoms with Crippen molar-refractivity contribution in [2.45, 2.75) is 25.3 Å². The van der Waals surface area contributed by atoms with Gasteiger partial charge in [0.1, 0.15) is 10.8 Å². The van der Waals surface area contributed by atoms with Crippen LogP contribution in [0.5, 0.6) is 0 Å². The molecule has 1 N–H and O–H groups in total. The van der Waals surface area contributed by atoms with Crippen LogP contribution in [0.4, 0.5) is 0 Å². The highest BCUT2D eigenvalue weighted by atomic mass is 32.1. The molecule has 3 aromatic rings. The number of hydrogen-bond donors (Lipinski definition) is 1. The lowest BCUT2D eigenvalue weighted by atomic mass is 10.2. The van der Waals surface area contributed by atoms with E-state index in [-0.39, 0.29) is 11.9 Å². The van der Waals surface area contributed by atoms with Crippen LogP contribution in [0, 0.1) is 0 Å². The number of amides is 1. The third kappa shape index (κ3) is 4.06. The number of carbonyl (C=O) groups is 1. The van der Waals surface area contributed by atoms with Crippen LogP contribution in [0.3, 0.4) is 0 Å². The third-order valence-corrected chi connectivity index (χ3v) is 6.50. The number of rotatable bonds is 7. The zero-order valence-electron chi connectivity index (χ0n) is 14.4. The van der Waals surface area contributed by atoms with Gasteiger partial charge >= 0.3 is 0 Å². The lowest BCUT2D eigenvalue weighted by Gasteiger charge is -2.25. The molecule has 1 fully saturated rings. The van der Waals surface area contributed by atoms with Crippen molar-refractivity contribution in [2.24, 2.45) is 0 Å². The van der Waals surface area contributed by atoms with Crippen LogP contribution in [-0.2, 0) is 11.2 Å². The summed E-state index contributed by atoms with van der Waals surface area (Å²) in [7, 11) is 0. The molecule has 4 rings (SSSR count). The maximum absolute atomic E-state index is 12.4. The first-order valence-corrected chi connectivity index (χ1v) is 10.6. The van der Waals surface area contributed by atoms with E-state index in [1.165, 1.54) is 12.8 Å². The molecule has 4 heterocycles. The van der Waals surface area contributed by atoms with E-state index in [0.29, 0.717) is 13.0 Å². The molecular formula is C19H21N3O2S2. The highest BCUT2D eigenvalue weighted by molar-refractivity contribution is 7.20. The fourth-order valence-electron chi connectivity index (χ4n) is 3.28. The molecule has 1 amide bonds. The smallest absolute Gasteiger partial charge is 0.226 e. The van der Waals surface area contributed by atoms with Gasteiger partial charge in [0.25, 0.3) is 0 Å². The Hall–Kier alpha value is -1.96. The second-order valence-corrected chi connectivity index (χ2v) is 8.18. The van der Waals surface area contributed by atoms with E-state index in [0.717, 1.165) is 34.4 Å². The zero-order valence-corrected chi connectivity index (χ0v) is 16.0. The summed E-state index contributed by atoms with van der Waals surface area (Å²) in [6.07, 6.45) is 4.42. The monoisotopic (exact) mass is 387 g/mol. The maximum atomic E-state index is 12.4. The summed E-state index contributed by atoms with van der Waals surface area (Å²) < 4.78 is 5.60. The Bertz CT molecular complexity index is 821. The van der Waals surface area contributed by atoms with E-state index in [4.69, 9.17) is 4.42 Å². The van der Waals surface area contributed by atoms with E-state index >= 15 is 0 Å². The van der Waals surface area contributed by atoms with Crippen molar-refractivity contribution in [1.29, 1.82) is 0 Å².